The summed E-state index contributed by atoms with van der Waals surface area (Å²) in [4.78, 5) is 2.52. The van der Waals surface area contributed by atoms with Gasteiger partial charge >= 0.3 is 0 Å². The average Bonchev–Trinajstić information content (AvgIpc) is 2.70. The zero-order chi connectivity index (χ0) is 17.8. The van der Waals surface area contributed by atoms with E-state index in [-0.39, 0.29) is 18.5 Å². The van der Waals surface area contributed by atoms with E-state index in [0.717, 1.165) is 54.7 Å². The van der Waals surface area contributed by atoms with Crippen LogP contribution >= 0.6 is 12.4 Å². The molecule has 3 aromatic carbocycles. The average molecular weight is 384 g/mol. The lowest BCUT2D eigenvalue weighted by Crippen LogP contribution is -2.37. The van der Waals surface area contributed by atoms with Gasteiger partial charge in [0.1, 0.15) is 17.6 Å². The first-order valence-electron chi connectivity index (χ1n) is 9.32. The minimum atomic E-state index is 0. The van der Waals surface area contributed by atoms with Crippen LogP contribution < -0.4 is 9.47 Å². The summed E-state index contributed by atoms with van der Waals surface area (Å²) in [7, 11) is 1.71. The monoisotopic (exact) mass is 383 g/mol. The van der Waals surface area contributed by atoms with Gasteiger partial charge in [-0.2, -0.15) is 0 Å². The van der Waals surface area contributed by atoms with Crippen LogP contribution in [-0.2, 0) is 6.54 Å². The van der Waals surface area contributed by atoms with Crippen LogP contribution in [0.2, 0.25) is 0 Å². The second-order valence-corrected chi connectivity index (χ2v) is 6.89. The van der Waals surface area contributed by atoms with Crippen molar-refractivity contribution in [2.24, 2.45) is 0 Å². The molecule has 0 spiro atoms. The predicted octanol–water partition coefficient (Wildman–Crippen LogP) is 5.31. The van der Waals surface area contributed by atoms with Gasteiger partial charge in [0.2, 0.25) is 0 Å². The Morgan fingerprint density at radius 3 is 2.11 bits per heavy atom. The highest BCUT2D eigenvalue weighted by Gasteiger charge is 2.21. The first-order chi connectivity index (χ1) is 12.8. The molecule has 1 fully saturated rings. The van der Waals surface area contributed by atoms with Crippen LogP contribution in [0.5, 0.6) is 11.5 Å². The molecule has 0 saturated carbocycles. The second-order valence-electron chi connectivity index (χ2n) is 6.89. The summed E-state index contributed by atoms with van der Waals surface area (Å²) in [5, 5.41) is 2.23. The first-order valence-corrected chi connectivity index (χ1v) is 9.32. The Bertz CT molecular complexity index is 861. The summed E-state index contributed by atoms with van der Waals surface area (Å²) < 4.78 is 11.9. The van der Waals surface area contributed by atoms with E-state index in [2.05, 4.69) is 53.4 Å². The van der Waals surface area contributed by atoms with Crippen LogP contribution in [0.4, 0.5) is 0 Å². The Labute approximate surface area is 167 Å². The number of hydrogen-bond donors (Lipinski definition) is 0. The Morgan fingerprint density at radius 2 is 1.44 bits per heavy atom. The van der Waals surface area contributed by atoms with Gasteiger partial charge in [-0.15, -0.1) is 12.4 Å². The van der Waals surface area contributed by atoms with Gasteiger partial charge in [0.25, 0.3) is 0 Å². The van der Waals surface area contributed by atoms with Gasteiger partial charge in [0.15, 0.2) is 0 Å². The van der Waals surface area contributed by atoms with Crippen molar-refractivity contribution in [3.63, 3.8) is 0 Å². The zero-order valence-electron chi connectivity index (χ0n) is 15.6. The molecule has 0 radical (unpaired) electrons. The van der Waals surface area contributed by atoms with Gasteiger partial charge in [-0.05, 0) is 30.5 Å². The molecule has 1 saturated heterocycles. The topological polar surface area (TPSA) is 21.7 Å². The lowest BCUT2D eigenvalue weighted by atomic mass is 10.1. The summed E-state index contributed by atoms with van der Waals surface area (Å²) in [6.45, 7) is 3.18. The molecule has 0 aromatic heterocycles. The number of hydrogen-bond acceptors (Lipinski definition) is 3. The summed E-state index contributed by atoms with van der Waals surface area (Å²) in [5.74, 6) is 1.86. The standard InChI is InChI=1S/C23H25NO2.ClH/c1-25-22-11-5-10-21-20(22)9-6-12-23(21)26-19-13-15-24(16-14-19)17-18-7-3-2-4-8-18;/h2-12,19H,13-17H2,1H3;1H. The van der Waals surface area contributed by atoms with Crippen LogP contribution in [0.3, 0.4) is 0 Å². The smallest absolute Gasteiger partial charge is 0.127 e. The quantitative estimate of drug-likeness (QED) is 0.595. The third-order valence-corrected chi connectivity index (χ3v) is 5.14. The van der Waals surface area contributed by atoms with Crippen LogP contribution in [0.1, 0.15) is 18.4 Å². The number of benzene rings is 3. The Balaban J connectivity index is 0.00000210. The van der Waals surface area contributed by atoms with Gasteiger partial charge in [-0.1, -0.05) is 54.6 Å². The molecule has 0 atom stereocenters. The molecule has 142 valence electrons. The Hall–Kier alpha value is -2.23. The lowest BCUT2D eigenvalue weighted by molar-refractivity contribution is 0.0980. The van der Waals surface area contributed by atoms with E-state index >= 15 is 0 Å². The Kier molecular flexibility index (Phi) is 6.59. The second kappa shape index (κ2) is 9.12. The highest BCUT2D eigenvalue weighted by atomic mass is 35.5. The molecule has 3 nitrogen and oxygen atoms in total. The number of piperidine rings is 1. The van der Waals surface area contributed by atoms with Gasteiger partial charge in [0.05, 0.1) is 7.11 Å². The molecular formula is C23H26ClNO2. The fourth-order valence-corrected chi connectivity index (χ4v) is 3.74. The van der Waals surface area contributed by atoms with Crippen LogP contribution in [0.25, 0.3) is 10.8 Å². The molecule has 0 unspecified atom stereocenters. The number of ether oxygens (including phenoxy) is 2. The number of nitrogens with zero attached hydrogens (tertiary/aromatic N) is 1. The third-order valence-electron chi connectivity index (χ3n) is 5.14. The third kappa shape index (κ3) is 4.55. The van der Waals surface area contributed by atoms with E-state index in [0.29, 0.717) is 0 Å². The lowest BCUT2D eigenvalue weighted by Gasteiger charge is -2.32. The van der Waals surface area contributed by atoms with E-state index in [9.17, 15) is 0 Å². The van der Waals surface area contributed by atoms with Crippen LogP contribution in [0, 0.1) is 0 Å². The molecule has 1 aliphatic rings. The highest BCUT2D eigenvalue weighted by molar-refractivity contribution is 5.93. The normalized spacial score (nSPS) is 15.3. The van der Waals surface area contributed by atoms with E-state index in [1.165, 1.54) is 5.56 Å². The van der Waals surface area contributed by atoms with Crippen molar-refractivity contribution in [2.75, 3.05) is 20.2 Å². The molecule has 4 rings (SSSR count). The van der Waals surface area contributed by atoms with Gasteiger partial charge in [0, 0.05) is 30.4 Å². The van der Waals surface area contributed by atoms with E-state index in [1.54, 1.807) is 7.11 Å². The molecule has 0 amide bonds. The number of rotatable bonds is 5. The number of fused-ring (bicyclic) bond motifs is 1. The minimum Gasteiger partial charge on any atom is -0.496 e. The fraction of sp³-hybridized carbons (Fsp3) is 0.304. The summed E-state index contributed by atoms with van der Waals surface area (Å²) in [6, 6.07) is 23.0. The van der Waals surface area contributed by atoms with Crippen molar-refractivity contribution in [2.45, 2.75) is 25.5 Å². The van der Waals surface area contributed by atoms with E-state index < -0.39 is 0 Å². The fourth-order valence-electron chi connectivity index (χ4n) is 3.74. The molecule has 3 aromatic rings. The largest absolute Gasteiger partial charge is 0.496 e. The maximum absolute atomic E-state index is 6.38. The summed E-state index contributed by atoms with van der Waals surface area (Å²) in [5.41, 5.74) is 1.38. The van der Waals surface area contributed by atoms with Crippen LogP contribution in [-0.4, -0.2) is 31.2 Å². The molecule has 4 heteroatoms. The Morgan fingerprint density at radius 1 is 0.815 bits per heavy atom. The number of methoxy groups -OCH3 is 1. The molecule has 27 heavy (non-hydrogen) atoms. The zero-order valence-corrected chi connectivity index (χ0v) is 16.5. The van der Waals surface area contributed by atoms with Crippen molar-refractivity contribution in [3.8, 4) is 11.5 Å². The SMILES string of the molecule is COc1cccc2c(OC3CCN(Cc4ccccc4)CC3)cccc12.Cl. The molecule has 1 aliphatic heterocycles. The molecule has 0 aliphatic carbocycles. The van der Waals surface area contributed by atoms with Crippen molar-refractivity contribution < 1.29 is 9.47 Å². The van der Waals surface area contributed by atoms with Gasteiger partial charge < -0.3 is 9.47 Å². The molecule has 0 bridgehead atoms. The first kappa shape index (κ1) is 19.5. The molecular weight excluding hydrogens is 358 g/mol. The summed E-state index contributed by atoms with van der Waals surface area (Å²) >= 11 is 0. The minimum absolute atomic E-state index is 0. The molecule has 1 heterocycles. The molecule has 0 N–H and O–H groups in total. The van der Waals surface area contributed by atoms with Crippen molar-refractivity contribution in [1.29, 1.82) is 0 Å². The maximum Gasteiger partial charge on any atom is 0.127 e. The maximum atomic E-state index is 6.38. The number of likely N-dealkylation sites (tertiary alicyclic amines) is 1. The van der Waals surface area contributed by atoms with Crippen LogP contribution in [0.15, 0.2) is 66.7 Å². The van der Waals surface area contributed by atoms with Crippen molar-refractivity contribution in [1.82, 2.24) is 4.90 Å². The van der Waals surface area contributed by atoms with Gasteiger partial charge in [-0.3, -0.25) is 4.90 Å². The number of halogens is 1. The van der Waals surface area contributed by atoms with Crippen molar-refractivity contribution in [3.05, 3.63) is 72.3 Å². The van der Waals surface area contributed by atoms with Crippen molar-refractivity contribution >= 4 is 23.2 Å². The predicted molar refractivity (Wildman–Crippen MR) is 113 cm³/mol. The van der Waals surface area contributed by atoms with E-state index in [4.69, 9.17) is 9.47 Å². The summed E-state index contributed by atoms with van der Waals surface area (Å²) in [6.07, 6.45) is 2.40. The van der Waals surface area contributed by atoms with E-state index in [1.807, 2.05) is 18.2 Å². The van der Waals surface area contributed by atoms with Gasteiger partial charge in [-0.25, -0.2) is 0 Å². The highest BCUT2D eigenvalue weighted by Crippen LogP contribution is 2.33.